The summed E-state index contributed by atoms with van der Waals surface area (Å²) in [5, 5.41) is 11.1. The number of pyridine rings is 1. The van der Waals surface area contributed by atoms with Crippen molar-refractivity contribution < 1.29 is 9.77 Å². The van der Waals surface area contributed by atoms with Crippen LogP contribution in [0.5, 0.6) is 0 Å². The fourth-order valence-corrected chi connectivity index (χ4v) is 0.754. The van der Waals surface area contributed by atoms with Crippen LogP contribution in [0.25, 0.3) is 0 Å². The summed E-state index contributed by atoms with van der Waals surface area (Å²) >= 11 is 0. The van der Waals surface area contributed by atoms with Gasteiger partial charge in [0.15, 0.2) is 12.4 Å². The van der Waals surface area contributed by atoms with Crippen LogP contribution in [0.15, 0.2) is 29.7 Å². The van der Waals surface area contributed by atoms with Crippen LogP contribution in [-0.2, 0) is 7.05 Å². The number of rotatable bonds is 1. The molecule has 52 valence electrons. The van der Waals surface area contributed by atoms with E-state index < -0.39 is 0 Å². The average molecular weight is 137 g/mol. The molecule has 0 aliphatic carbocycles. The van der Waals surface area contributed by atoms with Gasteiger partial charge in [-0.3, -0.25) is 0 Å². The Hall–Kier alpha value is -1.38. The molecule has 10 heavy (non-hydrogen) atoms. The summed E-state index contributed by atoms with van der Waals surface area (Å²) in [6.07, 6.45) is 5.16. The van der Waals surface area contributed by atoms with Crippen LogP contribution in [0, 0.1) is 0 Å². The quantitative estimate of drug-likeness (QED) is 0.257. The molecule has 0 aromatic carbocycles. The van der Waals surface area contributed by atoms with Crippen molar-refractivity contribution in [3.05, 3.63) is 30.1 Å². The highest BCUT2D eigenvalue weighted by molar-refractivity contribution is 5.77. The maximum atomic E-state index is 8.17. The Balaban J connectivity index is 2.95. The highest BCUT2D eigenvalue weighted by Crippen LogP contribution is 1.87. The summed E-state index contributed by atoms with van der Waals surface area (Å²) in [7, 11) is 1.91. The maximum absolute atomic E-state index is 8.17. The summed E-state index contributed by atoms with van der Waals surface area (Å²) in [4.78, 5) is 0. The molecule has 0 aliphatic rings. The molecule has 1 heterocycles. The van der Waals surface area contributed by atoms with E-state index in [1.807, 2.05) is 36.1 Å². The third kappa shape index (κ3) is 1.55. The average Bonchev–Trinajstić information content (AvgIpc) is 1.88. The van der Waals surface area contributed by atoms with Gasteiger partial charge < -0.3 is 5.21 Å². The second-order valence-corrected chi connectivity index (χ2v) is 2.05. The van der Waals surface area contributed by atoms with Gasteiger partial charge in [-0.1, -0.05) is 5.16 Å². The minimum absolute atomic E-state index is 0.882. The number of oxime groups is 1. The Kier molecular flexibility index (Phi) is 1.99. The monoisotopic (exact) mass is 137 g/mol. The molecule has 0 atom stereocenters. The van der Waals surface area contributed by atoms with E-state index in [1.54, 1.807) is 0 Å². The standard InChI is InChI=1S/C7H8N2O/c1-9-4-2-3-7(6-9)5-8-10/h2-6H,1H3/p+1/b8-5+. The smallest absolute Gasteiger partial charge is 0.177 e. The van der Waals surface area contributed by atoms with Gasteiger partial charge in [-0.25, -0.2) is 4.57 Å². The Morgan fingerprint density at radius 2 is 2.50 bits per heavy atom. The second-order valence-electron chi connectivity index (χ2n) is 2.05. The number of nitrogens with zero attached hydrogens (tertiary/aromatic N) is 2. The Morgan fingerprint density at radius 3 is 3.10 bits per heavy atom. The predicted molar refractivity (Wildman–Crippen MR) is 37.0 cm³/mol. The van der Waals surface area contributed by atoms with Gasteiger partial charge in [0.2, 0.25) is 0 Å². The SMILES string of the molecule is C[n+]1cccc(/C=N/O)c1. The van der Waals surface area contributed by atoms with Crippen LogP contribution in [0.3, 0.4) is 0 Å². The topological polar surface area (TPSA) is 36.5 Å². The van der Waals surface area contributed by atoms with Crippen molar-refractivity contribution in [3.8, 4) is 0 Å². The lowest BCUT2D eigenvalue weighted by atomic mass is 10.3. The van der Waals surface area contributed by atoms with E-state index in [0.29, 0.717) is 0 Å². The lowest BCUT2D eigenvalue weighted by Gasteiger charge is -1.86. The molecule has 0 bridgehead atoms. The van der Waals surface area contributed by atoms with Gasteiger partial charge >= 0.3 is 0 Å². The highest BCUT2D eigenvalue weighted by atomic mass is 16.4. The molecule has 1 aromatic rings. The van der Waals surface area contributed by atoms with Gasteiger partial charge in [0, 0.05) is 6.07 Å². The first kappa shape index (κ1) is 6.74. The van der Waals surface area contributed by atoms with Crippen molar-refractivity contribution in [2.24, 2.45) is 12.2 Å². The van der Waals surface area contributed by atoms with E-state index in [4.69, 9.17) is 5.21 Å². The molecular weight excluding hydrogens is 128 g/mol. The maximum Gasteiger partial charge on any atom is 0.177 e. The van der Waals surface area contributed by atoms with Gasteiger partial charge in [0.1, 0.15) is 7.05 Å². The minimum atomic E-state index is 0.882. The largest absolute Gasteiger partial charge is 0.411 e. The zero-order valence-electron chi connectivity index (χ0n) is 5.73. The molecule has 1 N–H and O–H groups in total. The van der Waals surface area contributed by atoms with Crippen LogP contribution in [0.1, 0.15) is 5.56 Å². The molecule has 0 fully saturated rings. The number of hydrogen-bond donors (Lipinski definition) is 1. The normalized spacial score (nSPS) is 10.5. The molecule has 0 radical (unpaired) electrons. The molecule has 0 saturated carbocycles. The first-order valence-electron chi connectivity index (χ1n) is 2.95. The van der Waals surface area contributed by atoms with Crippen molar-refractivity contribution in [3.63, 3.8) is 0 Å². The summed E-state index contributed by atoms with van der Waals surface area (Å²) in [5.74, 6) is 0. The zero-order chi connectivity index (χ0) is 7.40. The van der Waals surface area contributed by atoms with E-state index >= 15 is 0 Å². The van der Waals surface area contributed by atoms with Crippen molar-refractivity contribution in [1.29, 1.82) is 0 Å². The van der Waals surface area contributed by atoms with E-state index in [9.17, 15) is 0 Å². The lowest BCUT2D eigenvalue weighted by Crippen LogP contribution is -2.26. The Labute approximate surface area is 59.2 Å². The third-order valence-corrected chi connectivity index (χ3v) is 1.17. The molecule has 3 heteroatoms. The molecule has 0 unspecified atom stereocenters. The highest BCUT2D eigenvalue weighted by Gasteiger charge is 1.92. The van der Waals surface area contributed by atoms with E-state index in [1.165, 1.54) is 6.21 Å². The van der Waals surface area contributed by atoms with Crippen molar-refractivity contribution >= 4 is 6.21 Å². The van der Waals surface area contributed by atoms with Crippen LogP contribution >= 0.6 is 0 Å². The summed E-state index contributed by atoms with van der Waals surface area (Å²) < 4.78 is 1.89. The first-order valence-corrected chi connectivity index (χ1v) is 2.95. The molecule has 1 aromatic heterocycles. The molecule has 0 saturated heterocycles. The fourth-order valence-electron chi connectivity index (χ4n) is 0.754. The fraction of sp³-hybridized carbons (Fsp3) is 0.143. The van der Waals surface area contributed by atoms with Crippen LogP contribution < -0.4 is 4.57 Å². The van der Waals surface area contributed by atoms with E-state index in [-0.39, 0.29) is 0 Å². The molecule has 1 rings (SSSR count). The van der Waals surface area contributed by atoms with Crippen LogP contribution in [-0.4, -0.2) is 11.4 Å². The van der Waals surface area contributed by atoms with Gasteiger partial charge in [0.05, 0.1) is 11.8 Å². The number of aryl methyl sites for hydroxylation is 1. The molecular formula is C7H9N2O+. The number of hydrogen-bond acceptors (Lipinski definition) is 2. The van der Waals surface area contributed by atoms with E-state index in [2.05, 4.69) is 5.16 Å². The van der Waals surface area contributed by atoms with Crippen molar-refractivity contribution in [2.45, 2.75) is 0 Å². The summed E-state index contributed by atoms with van der Waals surface area (Å²) in [5.41, 5.74) is 0.882. The minimum Gasteiger partial charge on any atom is -0.411 e. The molecule has 0 aliphatic heterocycles. The molecule has 0 spiro atoms. The third-order valence-electron chi connectivity index (χ3n) is 1.17. The van der Waals surface area contributed by atoms with Crippen molar-refractivity contribution in [1.82, 2.24) is 0 Å². The van der Waals surface area contributed by atoms with Gasteiger partial charge in [-0.15, -0.1) is 0 Å². The van der Waals surface area contributed by atoms with Gasteiger partial charge in [-0.2, -0.15) is 0 Å². The predicted octanol–water partition coefficient (Wildman–Crippen LogP) is 0.319. The Morgan fingerprint density at radius 1 is 1.70 bits per heavy atom. The number of aromatic nitrogens is 1. The Bertz CT molecular complexity index is 245. The molecule has 3 nitrogen and oxygen atoms in total. The van der Waals surface area contributed by atoms with Gasteiger partial charge in [0.25, 0.3) is 0 Å². The first-order chi connectivity index (χ1) is 4.83. The van der Waals surface area contributed by atoms with Crippen molar-refractivity contribution in [2.75, 3.05) is 0 Å². The molecule has 0 amide bonds. The van der Waals surface area contributed by atoms with Gasteiger partial charge in [-0.05, 0) is 6.07 Å². The van der Waals surface area contributed by atoms with Crippen LogP contribution in [0.4, 0.5) is 0 Å². The lowest BCUT2D eigenvalue weighted by molar-refractivity contribution is -0.671. The second kappa shape index (κ2) is 2.96. The summed E-state index contributed by atoms with van der Waals surface area (Å²) in [6, 6.07) is 3.75. The van der Waals surface area contributed by atoms with E-state index in [0.717, 1.165) is 5.56 Å². The van der Waals surface area contributed by atoms with Crippen LogP contribution in [0.2, 0.25) is 0 Å². The zero-order valence-corrected chi connectivity index (χ0v) is 5.73. The summed E-state index contributed by atoms with van der Waals surface area (Å²) in [6.45, 7) is 0.